The number of furan rings is 1. The number of hydrogen-bond acceptors (Lipinski definition) is 3. The molecule has 0 radical (unpaired) electrons. The number of carboxylic acid groups (broad SMARTS) is 1. The fourth-order valence-corrected chi connectivity index (χ4v) is 1.01. The van der Waals surface area contributed by atoms with Crippen molar-refractivity contribution in [2.75, 3.05) is 0 Å². The third-order valence-corrected chi connectivity index (χ3v) is 1.57. The molecule has 0 atom stereocenters. The van der Waals surface area contributed by atoms with Crippen LogP contribution < -0.4 is 0 Å². The highest BCUT2D eigenvalue weighted by molar-refractivity contribution is 5.93. The molecule has 0 amide bonds. The first kappa shape index (κ1) is 6.78. The van der Waals surface area contributed by atoms with Crippen LogP contribution in [0.1, 0.15) is 10.5 Å². The number of aromatic amines is 1. The second-order valence-electron chi connectivity index (χ2n) is 2.35. The SMILES string of the molecule is O=C(O)c1cc2occ(O)c2[nH]1. The minimum absolute atomic E-state index is 0.000324. The number of H-pyrrole nitrogens is 1. The first-order chi connectivity index (χ1) is 5.68. The summed E-state index contributed by atoms with van der Waals surface area (Å²) in [6.07, 6.45) is 1.15. The molecule has 62 valence electrons. The number of carbonyl (C=O) groups is 1. The Morgan fingerprint density at radius 3 is 2.92 bits per heavy atom. The summed E-state index contributed by atoms with van der Waals surface area (Å²) in [7, 11) is 0. The molecule has 2 aromatic heterocycles. The standard InChI is InChI=1S/C7H5NO4/c9-4-2-12-5-1-3(7(10)11)8-6(4)5/h1-2,8-9H,(H,10,11). The Morgan fingerprint density at radius 1 is 1.58 bits per heavy atom. The lowest BCUT2D eigenvalue weighted by Gasteiger charge is -1.84. The van der Waals surface area contributed by atoms with Crippen molar-refractivity contribution < 1.29 is 19.4 Å². The van der Waals surface area contributed by atoms with E-state index >= 15 is 0 Å². The van der Waals surface area contributed by atoms with E-state index in [1.54, 1.807) is 0 Å². The first-order valence-electron chi connectivity index (χ1n) is 3.21. The summed E-state index contributed by atoms with van der Waals surface area (Å²) in [6, 6.07) is 1.32. The molecule has 0 fully saturated rings. The molecule has 5 nitrogen and oxygen atoms in total. The van der Waals surface area contributed by atoms with Gasteiger partial charge in [-0.05, 0) is 0 Å². The van der Waals surface area contributed by atoms with Crippen molar-refractivity contribution in [2.45, 2.75) is 0 Å². The van der Waals surface area contributed by atoms with E-state index in [1.165, 1.54) is 6.07 Å². The van der Waals surface area contributed by atoms with E-state index < -0.39 is 5.97 Å². The van der Waals surface area contributed by atoms with Gasteiger partial charge in [-0.25, -0.2) is 4.79 Å². The minimum atomic E-state index is -1.08. The number of aromatic hydroxyl groups is 1. The van der Waals surface area contributed by atoms with E-state index in [-0.39, 0.29) is 11.4 Å². The molecule has 0 spiro atoms. The Bertz CT molecular complexity index is 439. The van der Waals surface area contributed by atoms with Gasteiger partial charge in [0.25, 0.3) is 0 Å². The maximum Gasteiger partial charge on any atom is 0.352 e. The minimum Gasteiger partial charge on any atom is -0.503 e. The van der Waals surface area contributed by atoms with E-state index in [9.17, 15) is 4.79 Å². The molecule has 0 aliphatic heterocycles. The van der Waals surface area contributed by atoms with Crippen molar-refractivity contribution in [1.82, 2.24) is 4.98 Å². The van der Waals surface area contributed by atoms with E-state index in [4.69, 9.17) is 14.6 Å². The van der Waals surface area contributed by atoms with Crippen LogP contribution in [0.5, 0.6) is 5.75 Å². The lowest BCUT2D eigenvalue weighted by molar-refractivity contribution is 0.0691. The normalized spacial score (nSPS) is 10.7. The lowest BCUT2D eigenvalue weighted by Crippen LogP contribution is -1.94. The van der Waals surface area contributed by atoms with Gasteiger partial charge in [0, 0.05) is 6.07 Å². The Hall–Kier alpha value is -1.91. The lowest BCUT2D eigenvalue weighted by atomic mass is 10.4. The van der Waals surface area contributed by atoms with Crippen LogP contribution in [0.4, 0.5) is 0 Å². The summed E-state index contributed by atoms with van der Waals surface area (Å²) in [5.41, 5.74) is 0.650. The van der Waals surface area contributed by atoms with E-state index in [1.807, 2.05) is 0 Å². The molecule has 0 bridgehead atoms. The van der Waals surface area contributed by atoms with Crippen LogP contribution in [-0.2, 0) is 0 Å². The molecular formula is C7H5NO4. The Balaban J connectivity index is 2.70. The van der Waals surface area contributed by atoms with Crippen molar-refractivity contribution in [3.05, 3.63) is 18.0 Å². The molecule has 5 heteroatoms. The highest BCUT2D eigenvalue weighted by Gasteiger charge is 2.12. The summed E-state index contributed by atoms with van der Waals surface area (Å²) in [5.74, 6) is -1.17. The summed E-state index contributed by atoms with van der Waals surface area (Å²) in [4.78, 5) is 12.9. The Kier molecular flexibility index (Phi) is 1.15. The fourth-order valence-electron chi connectivity index (χ4n) is 1.01. The van der Waals surface area contributed by atoms with Crippen molar-refractivity contribution >= 4 is 17.1 Å². The van der Waals surface area contributed by atoms with Gasteiger partial charge in [0.2, 0.25) is 0 Å². The predicted molar refractivity (Wildman–Crippen MR) is 39.2 cm³/mol. The number of rotatable bonds is 1. The predicted octanol–water partition coefficient (Wildman–Crippen LogP) is 1.16. The molecule has 0 unspecified atom stereocenters. The van der Waals surface area contributed by atoms with Gasteiger partial charge < -0.3 is 19.6 Å². The van der Waals surface area contributed by atoms with Gasteiger partial charge in [0.1, 0.15) is 17.5 Å². The van der Waals surface area contributed by atoms with Gasteiger partial charge >= 0.3 is 5.97 Å². The molecule has 12 heavy (non-hydrogen) atoms. The van der Waals surface area contributed by atoms with Gasteiger partial charge in [-0.3, -0.25) is 0 Å². The quantitative estimate of drug-likeness (QED) is 0.594. The summed E-state index contributed by atoms with van der Waals surface area (Å²) in [6.45, 7) is 0. The van der Waals surface area contributed by atoms with Crippen LogP contribution in [-0.4, -0.2) is 21.2 Å². The fraction of sp³-hybridized carbons (Fsp3) is 0. The highest BCUT2D eigenvalue weighted by Crippen LogP contribution is 2.26. The number of hydrogen-bond donors (Lipinski definition) is 3. The maximum atomic E-state index is 10.4. The largest absolute Gasteiger partial charge is 0.503 e. The molecule has 2 rings (SSSR count). The zero-order chi connectivity index (χ0) is 8.72. The average molecular weight is 167 g/mol. The van der Waals surface area contributed by atoms with Crippen molar-refractivity contribution in [3.63, 3.8) is 0 Å². The van der Waals surface area contributed by atoms with Crippen LogP contribution in [0.2, 0.25) is 0 Å². The molecule has 3 N–H and O–H groups in total. The first-order valence-corrected chi connectivity index (χ1v) is 3.21. The molecule has 0 aromatic carbocycles. The van der Waals surface area contributed by atoms with Crippen molar-refractivity contribution in [3.8, 4) is 5.75 Å². The zero-order valence-corrected chi connectivity index (χ0v) is 5.87. The van der Waals surface area contributed by atoms with Gasteiger partial charge in [-0.1, -0.05) is 0 Å². The number of nitrogens with one attached hydrogen (secondary N) is 1. The smallest absolute Gasteiger partial charge is 0.352 e. The number of aromatic carboxylic acids is 1. The Morgan fingerprint density at radius 2 is 2.33 bits per heavy atom. The second kappa shape index (κ2) is 2.04. The zero-order valence-electron chi connectivity index (χ0n) is 5.87. The van der Waals surface area contributed by atoms with Gasteiger partial charge in [-0.2, -0.15) is 0 Å². The number of aromatic nitrogens is 1. The van der Waals surface area contributed by atoms with Crippen LogP contribution in [0.3, 0.4) is 0 Å². The van der Waals surface area contributed by atoms with Crippen LogP contribution in [0, 0.1) is 0 Å². The highest BCUT2D eigenvalue weighted by atomic mass is 16.4. The topological polar surface area (TPSA) is 86.5 Å². The molecule has 0 aliphatic rings. The second-order valence-corrected chi connectivity index (χ2v) is 2.35. The third-order valence-electron chi connectivity index (χ3n) is 1.57. The molecule has 0 saturated carbocycles. The van der Waals surface area contributed by atoms with Crippen LogP contribution in [0.15, 0.2) is 16.7 Å². The summed E-state index contributed by atoms with van der Waals surface area (Å²) >= 11 is 0. The number of fused-ring (bicyclic) bond motifs is 1. The van der Waals surface area contributed by atoms with Gasteiger partial charge in [0.15, 0.2) is 11.3 Å². The number of carboxylic acids is 1. The van der Waals surface area contributed by atoms with Crippen molar-refractivity contribution in [2.24, 2.45) is 0 Å². The van der Waals surface area contributed by atoms with E-state index in [0.29, 0.717) is 11.1 Å². The molecule has 0 saturated heterocycles. The van der Waals surface area contributed by atoms with Crippen molar-refractivity contribution in [1.29, 1.82) is 0 Å². The van der Waals surface area contributed by atoms with E-state index in [2.05, 4.69) is 4.98 Å². The van der Waals surface area contributed by atoms with Crippen LogP contribution >= 0.6 is 0 Å². The van der Waals surface area contributed by atoms with E-state index in [0.717, 1.165) is 6.26 Å². The van der Waals surface area contributed by atoms with Crippen LogP contribution in [0.25, 0.3) is 11.1 Å². The molecule has 2 heterocycles. The average Bonchev–Trinajstić information content (AvgIpc) is 2.53. The summed E-state index contributed by atoms with van der Waals surface area (Å²) < 4.78 is 4.83. The Labute approximate surface area is 66.2 Å². The third kappa shape index (κ3) is 0.763. The summed E-state index contributed by atoms with van der Waals surface area (Å²) in [5, 5.41) is 17.6. The maximum absolute atomic E-state index is 10.4. The van der Waals surface area contributed by atoms with Gasteiger partial charge in [-0.15, -0.1) is 0 Å². The monoisotopic (exact) mass is 167 g/mol. The molecular weight excluding hydrogens is 162 g/mol. The molecule has 2 aromatic rings. The van der Waals surface area contributed by atoms with Gasteiger partial charge in [0.05, 0.1) is 0 Å². The molecule has 0 aliphatic carbocycles.